The van der Waals surface area contributed by atoms with Crippen LogP contribution in [0.2, 0.25) is 0 Å². The lowest BCUT2D eigenvalue weighted by atomic mass is 10.1. The molecule has 0 aliphatic heterocycles. The van der Waals surface area contributed by atoms with Gasteiger partial charge in [-0.2, -0.15) is 13.2 Å². The average Bonchev–Trinajstić information content (AvgIpc) is 2.97. The van der Waals surface area contributed by atoms with Crippen molar-refractivity contribution in [1.82, 2.24) is 0 Å². The lowest BCUT2D eigenvalue weighted by Gasteiger charge is -2.10. The number of hydrogen-bond donors (Lipinski definition) is 1. The fourth-order valence-corrected chi connectivity index (χ4v) is 2.92. The lowest BCUT2D eigenvalue weighted by Crippen LogP contribution is -2.06. The van der Waals surface area contributed by atoms with Gasteiger partial charge < -0.3 is 9.73 Å². The molecule has 0 saturated heterocycles. The third-order valence-corrected chi connectivity index (χ3v) is 4.18. The van der Waals surface area contributed by atoms with Crippen LogP contribution >= 0.6 is 0 Å². The zero-order valence-electron chi connectivity index (χ0n) is 13.4. The first-order valence-electron chi connectivity index (χ1n) is 7.92. The van der Waals surface area contributed by atoms with Gasteiger partial charge in [0.25, 0.3) is 0 Å². The molecule has 0 spiro atoms. The topological polar surface area (TPSA) is 25.2 Å². The second-order valence-corrected chi connectivity index (χ2v) is 6.01. The summed E-state index contributed by atoms with van der Waals surface area (Å²) in [6.45, 7) is 0.236. The summed E-state index contributed by atoms with van der Waals surface area (Å²) >= 11 is 0. The maximum Gasteiger partial charge on any atom is 0.416 e. The van der Waals surface area contributed by atoms with Crippen LogP contribution in [0.25, 0.3) is 21.9 Å². The molecule has 132 valence electrons. The fraction of sp³-hybridized carbons (Fsp3) is 0.100. The van der Waals surface area contributed by atoms with Gasteiger partial charge in [0.15, 0.2) is 0 Å². The smallest absolute Gasteiger partial charge is 0.416 e. The minimum absolute atomic E-state index is 0.236. The Bertz CT molecular complexity index is 1100. The van der Waals surface area contributed by atoms with Gasteiger partial charge in [-0.3, -0.25) is 0 Å². The first-order chi connectivity index (χ1) is 12.4. The second kappa shape index (κ2) is 6.05. The van der Waals surface area contributed by atoms with E-state index < -0.39 is 11.7 Å². The third kappa shape index (κ3) is 3.10. The highest BCUT2D eigenvalue weighted by atomic mass is 19.4. The highest BCUT2D eigenvalue weighted by Crippen LogP contribution is 2.32. The zero-order valence-corrected chi connectivity index (χ0v) is 13.4. The van der Waals surface area contributed by atoms with Gasteiger partial charge in [-0.15, -0.1) is 0 Å². The maximum absolute atomic E-state index is 13.5. The van der Waals surface area contributed by atoms with E-state index in [0.717, 1.165) is 17.5 Å². The van der Waals surface area contributed by atoms with Crippen molar-refractivity contribution in [2.75, 3.05) is 5.32 Å². The van der Waals surface area contributed by atoms with Crippen LogP contribution < -0.4 is 5.32 Å². The zero-order chi connectivity index (χ0) is 18.3. The van der Waals surface area contributed by atoms with Crippen molar-refractivity contribution in [3.63, 3.8) is 0 Å². The minimum atomic E-state index is -4.37. The molecule has 0 aliphatic rings. The van der Waals surface area contributed by atoms with E-state index in [2.05, 4.69) is 5.32 Å². The number of anilines is 1. The minimum Gasteiger partial charge on any atom is -0.456 e. The van der Waals surface area contributed by atoms with E-state index in [-0.39, 0.29) is 12.4 Å². The molecule has 0 atom stereocenters. The van der Waals surface area contributed by atoms with Crippen molar-refractivity contribution < 1.29 is 22.0 Å². The summed E-state index contributed by atoms with van der Waals surface area (Å²) in [4.78, 5) is 0. The Morgan fingerprint density at radius 1 is 0.846 bits per heavy atom. The van der Waals surface area contributed by atoms with Gasteiger partial charge in [-0.1, -0.05) is 12.1 Å². The monoisotopic (exact) mass is 359 g/mol. The summed E-state index contributed by atoms with van der Waals surface area (Å²) in [5.74, 6) is -0.359. The van der Waals surface area contributed by atoms with E-state index in [1.54, 1.807) is 30.3 Å². The Morgan fingerprint density at radius 2 is 1.58 bits per heavy atom. The Kier molecular flexibility index (Phi) is 3.83. The number of benzene rings is 3. The van der Waals surface area contributed by atoms with Crippen LogP contribution in [0.3, 0.4) is 0 Å². The van der Waals surface area contributed by atoms with E-state index in [9.17, 15) is 17.6 Å². The van der Waals surface area contributed by atoms with E-state index in [1.165, 1.54) is 18.2 Å². The van der Waals surface area contributed by atoms with Crippen LogP contribution in [0.15, 0.2) is 65.1 Å². The highest BCUT2D eigenvalue weighted by molar-refractivity contribution is 6.05. The second-order valence-electron chi connectivity index (χ2n) is 6.01. The number of hydrogen-bond acceptors (Lipinski definition) is 2. The fourth-order valence-electron chi connectivity index (χ4n) is 2.92. The summed E-state index contributed by atoms with van der Waals surface area (Å²) in [5, 5.41) is 4.50. The van der Waals surface area contributed by atoms with Crippen molar-refractivity contribution in [3.8, 4) is 0 Å². The molecule has 2 nitrogen and oxygen atoms in total. The molecule has 0 radical (unpaired) electrons. The number of furan rings is 1. The molecule has 26 heavy (non-hydrogen) atoms. The van der Waals surface area contributed by atoms with Gasteiger partial charge in [0, 0.05) is 23.0 Å². The normalized spacial score (nSPS) is 12.0. The Morgan fingerprint density at radius 3 is 2.35 bits per heavy atom. The molecule has 4 rings (SSSR count). The van der Waals surface area contributed by atoms with Gasteiger partial charge >= 0.3 is 6.18 Å². The molecule has 0 fully saturated rings. The maximum atomic E-state index is 13.5. The van der Waals surface area contributed by atoms with E-state index in [1.807, 2.05) is 0 Å². The largest absolute Gasteiger partial charge is 0.456 e. The number of fused-ring (bicyclic) bond motifs is 3. The van der Waals surface area contributed by atoms with Crippen LogP contribution in [0.5, 0.6) is 0 Å². The lowest BCUT2D eigenvalue weighted by molar-refractivity contribution is -0.137. The van der Waals surface area contributed by atoms with Gasteiger partial charge in [0.1, 0.15) is 17.0 Å². The Labute approximate surface area is 146 Å². The van der Waals surface area contributed by atoms with Crippen LogP contribution in [0.1, 0.15) is 11.1 Å². The van der Waals surface area contributed by atoms with Gasteiger partial charge in [-0.25, -0.2) is 4.39 Å². The van der Waals surface area contributed by atoms with Gasteiger partial charge in [0.05, 0.1) is 5.56 Å². The first kappa shape index (κ1) is 16.4. The van der Waals surface area contributed by atoms with Crippen LogP contribution in [-0.4, -0.2) is 0 Å². The number of nitrogens with one attached hydrogen (secondary N) is 1. The quantitative estimate of drug-likeness (QED) is 0.431. The van der Waals surface area contributed by atoms with E-state index in [0.29, 0.717) is 27.8 Å². The van der Waals surface area contributed by atoms with Crippen molar-refractivity contribution in [3.05, 3.63) is 77.6 Å². The number of alkyl halides is 3. The molecule has 4 aromatic rings. The summed E-state index contributed by atoms with van der Waals surface area (Å²) in [6, 6.07) is 14.8. The Balaban J connectivity index is 1.62. The predicted octanol–water partition coefficient (Wildman–Crippen LogP) is 6.36. The summed E-state index contributed by atoms with van der Waals surface area (Å²) in [5.41, 5.74) is 1.75. The van der Waals surface area contributed by atoms with Crippen molar-refractivity contribution >= 4 is 27.6 Å². The molecular weight excluding hydrogens is 346 g/mol. The molecule has 0 aliphatic carbocycles. The van der Waals surface area contributed by atoms with Gasteiger partial charge in [-0.05, 0) is 54.1 Å². The van der Waals surface area contributed by atoms with E-state index in [4.69, 9.17) is 4.42 Å². The molecule has 3 aromatic carbocycles. The first-order valence-corrected chi connectivity index (χ1v) is 7.92. The molecule has 0 bridgehead atoms. The van der Waals surface area contributed by atoms with Crippen LogP contribution in [0, 0.1) is 5.82 Å². The standard InChI is InChI=1S/C20H13F4NO/c21-14-4-6-18-16(9-14)17-10-15(5-7-19(17)26-18)25-11-12-2-1-3-13(8-12)20(22,23)24/h1-10,25H,11H2. The van der Waals surface area contributed by atoms with Crippen molar-refractivity contribution in [1.29, 1.82) is 0 Å². The van der Waals surface area contributed by atoms with Crippen molar-refractivity contribution in [2.24, 2.45) is 0 Å². The molecule has 0 unspecified atom stereocenters. The highest BCUT2D eigenvalue weighted by Gasteiger charge is 2.30. The summed E-state index contributed by atoms with van der Waals surface area (Å²) < 4.78 is 57.5. The average molecular weight is 359 g/mol. The molecule has 1 N–H and O–H groups in total. The number of halogens is 4. The molecule has 0 amide bonds. The molecular formula is C20H13F4NO. The molecule has 6 heteroatoms. The van der Waals surface area contributed by atoms with Gasteiger partial charge in [0.2, 0.25) is 0 Å². The Hall–Kier alpha value is -3.02. The van der Waals surface area contributed by atoms with Crippen LogP contribution in [-0.2, 0) is 12.7 Å². The SMILES string of the molecule is Fc1ccc2oc3ccc(NCc4cccc(C(F)(F)F)c4)cc3c2c1. The summed E-state index contributed by atoms with van der Waals surface area (Å²) in [7, 11) is 0. The number of rotatable bonds is 3. The molecule has 1 heterocycles. The third-order valence-electron chi connectivity index (χ3n) is 4.18. The van der Waals surface area contributed by atoms with E-state index >= 15 is 0 Å². The van der Waals surface area contributed by atoms with Crippen molar-refractivity contribution in [2.45, 2.75) is 12.7 Å². The molecule has 1 aromatic heterocycles. The van der Waals surface area contributed by atoms with Crippen LogP contribution in [0.4, 0.5) is 23.2 Å². The predicted molar refractivity (Wildman–Crippen MR) is 92.4 cm³/mol. The molecule has 0 saturated carbocycles. The summed E-state index contributed by atoms with van der Waals surface area (Å²) in [6.07, 6.45) is -4.37.